The molecule has 186 valence electrons. The number of ether oxygens (including phenoxy) is 3. The normalized spacial score (nSPS) is 19.1. The first-order chi connectivity index (χ1) is 17.5. The zero-order valence-electron chi connectivity index (χ0n) is 20.8. The van der Waals surface area contributed by atoms with Crippen molar-refractivity contribution in [2.75, 3.05) is 39.3 Å². The van der Waals surface area contributed by atoms with E-state index >= 15 is 0 Å². The molecule has 2 heterocycles. The summed E-state index contributed by atoms with van der Waals surface area (Å²) in [6.07, 6.45) is 0.898. The topological polar surface area (TPSA) is 68.3 Å². The Bertz CT molecular complexity index is 1260. The van der Waals surface area contributed by atoms with Gasteiger partial charge in [-0.25, -0.2) is 0 Å². The van der Waals surface area contributed by atoms with E-state index in [1.807, 2.05) is 71.6 Å². The molecule has 36 heavy (non-hydrogen) atoms. The smallest absolute Gasteiger partial charge is 0.228 e. The second-order valence-electron chi connectivity index (χ2n) is 9.10. The summed E-state index contributed by atoms with van der Waals surface area (Å²) in [7, 11) is 4.85. The molecule has 2 unspecified atom stereocenters. The van der Waals surface area contributed by atoms with Crippen LogP contribution in [0.5, 0.6) is 17.2 Å². The Morgan fingerprint density at radius 3 is 2.25 bits per heavy atom. The predicted octanol–water partition coefficient (Wildman–Crippen LogP) is 4.24. The minimum Gasteiger partial charge on any atom is -0.497 e. The molecule has 0 aliphatic carbocycles. The van der Waals surface area contributed by atoms with Crippen LogP contribution < -0.4 is 19.1 Å². The highest BCUT2D eigenvalue weighted by Crippen LogP contribution is 2.42. The lowest BCUT2D eigenvalue weighted by molar-refractivity contribution is -0.137. The number of carbonyl (C=O) groups excluding carboxylic acids is 2. The Morgan fingerprint density at radius 1 is 0.889 bits per heavy atom. The van der Waals surface area contributed by atoms with Crippen molar-refractivity contribution >= 4 is 17.5 Å². The maximum absolute atomic E-state index is 14.0. The van der Waals surface area contributed by atoms with Crippen LogP contribution in [0.3, 0.4) is 0 Å². The van der Waals surface area contributed by atoms with E-state index in [2.05, 4.69) is 0 Å². The molecule has 0 aromatic heterocycles. The molecule has 3 aromatic carbocycles. The van der Waals surface area contributed by atoms with E-state index in [1.54, 1.807) is 26.2 Å². The first kappa shape index (κ1) is 23.7. The molecule has 3 aromatic rings. The van der Waals surface area contributed by atoms with Crippen molar-refractivity contribution in [2.24, 2.45) is 5.92 Å². The molecule has 7 heteroatoms. The molecule has 2 atom stereocenters. The van der Waals surface area contributed by atoms with Gasteiger partial charge in [-0.1, -0.05) is 30.3 Å². The predicted molar refractivity (Wildman–Crippen MR) is 137 cm³/mol. The van der Waals surface area contributed by atoms with Crippen molar-refractivity contribution in [3.63, 3.8) is 0 Å². The highest BCUT2D eigenvalue weighted by molar-refractivity contribution is 6.00. The third kappa shape index (κ3) is 4.26. The minimum atomic E-state index is -0.410. The average molecular weight is 487 g/mol. The summed E-state index contributed by atoms with van der Waals surface area (Å²) in [5.74, 6) is 1.58. The molecular weight excluding hydrogens is 456 g/mol. The van der Waals surface area contributed by atoms with E-state index in [-0.39, 0.29) is 24.3 Å². The van der Waals surface area contributed by atoms with Gasteiger partial charge in [-0.05, 0) is 59.5 Å². The van der Waals surface area contributed by atoms with Gasteiger partial charge in [0.1, 0.15) is 5.75 Å². The second kappa shape index (κ2) is 9.93. The van der Waals surface area contributed by atoms with Gasteiger partial charge in [-0.2, -0.15) is 0 Å². The highest BCUT2D eigenvalue weighted by Gasteiger charge is 2.41. The summed E-state index contributed by atoms with van der Waals surface area (Å²) in [5, 5.41) is 0. The molecule has 0 N–H and O–H groups in total. The number of methoxy groups -OCH3 is 3. The lowest BCUT2D eigenvalue weighted by Crippen LogP contribution is -2.44. The molecule has 7 nitrogen and oxygen atoms in total. The lowest BCUT2D eigenvalue weighted by atomic mass is 9.86. The summed E-state index contributed by atoms with van der Waals surface area (Å²) in [4.78, 5) is 30.5. The lowest BCUT2D eigenvalue weighted by Gasteiger charge is -2.39. The third-order valence-electron chi connectivity index (χ3n) is 7.13. The summed E-state index contributed by atoms with van der Waals surface area (Å²) < 4.78 is 16.3. The van der Waals surface area contributed by atoms with E-state index in [4.69, 9.17) is 14.2 Å². The van der Waals surface area contributed by atoms with Gasteiger partial charge in [0.05, 0.1) is 33.3 Å². The van der Waals surface area contributed by atoms with Crippen LogP contribution in [0.1, 0.15) is 29.2 Å². The van der Waals surface area contributed by atoms with Crippen molar-refractivity contribution in [2.45, 2.75) is 18.9 Å². The first-order valence-electron chi connectivity index (χ1n) is 12.1. The molecule has 0 saturated carbocycles. The van der Waals surface area contributed by atoms with E-state index < -0.39 is 5.92 Å². The largest absolute Gasteiger partial charge is 0.497 e. The number of hydrogen-bond acceptors (Lipinski definition) is 5. The van der Waals surface area contributed by atoms with Crippen molar-refractivity contribution < 1.29 is 23.8 Å². The van der Waals surface area contributed by atoms with Crippen molar-refractivity contribution in [3.05, 3.63) is 83.4 Å². The van der Waals surface area contributed by atoms with Gasteiger partial charge in [0, 0.05) is 25.2 Å². The molecule has 2 aliphatic heterocycles. The van der Waals surface area contributed by atoms with Gasteiger partial charge in [0.15, 0.2) is 11.5 Å². The van der Waals surface area contributed by atoms with Gasteiger partial charge in [-0.3, -0.25) is 9.59 Å². The number of fused-ring (bicyclic) bond motifs is 1. The van der Waals surface area contributed by atoms with Crippen molar-refractivity contribution in [1.82, 2.24) is 4.90 Å². The number of anilines is 1. The maximum atomic E-state index is 14.0. The Labute approximate surface area is 211 Å². The molecule has 1 fully saturated rings. The SMILES string of the molecule is COc1ccc(N2CC(C(=O)N3CCc4cc(OC)c(OC)cc4C3c3ccccc3)CC2=O)cc1. The van der Waals surface area contributed by atoms with Crippen LogP contribution in [0.2, 0.25) is 0 Å². The average Bonchev–Trinajstić information content (AvgIpc) is 3.33. The van der Waals surface area contributed by atoms with E-state index in [0.717, 1.165) is 28.1 Å². The Balaban J connectivity index is 1.47. The Kier molecular flexibility index (Phi) is 6.55. The Morgan fingerprint density at radius 2 is 1.58 bits per heavy atom. The van der Waals surface area contributed by atoms with Crippen LogP contribution in [0.4, 0.5) is 5.69 Å². The zero-order valence-corrected chi connectivity index (χ0v) is 20.8. The number of hydrogen-bond donors (Lipinski definition) is 0. The monoisotopic (exact) mass is 486 g/mol. The highest BCUT2D eigenvalue weighted by atomic mass is 16.5. The summed E-state index contributed by atoms with van der Waals surface area (Å²) in [6.45, 7) is 0.925. The van der Waals surface area contributed by atoms with Gasteiger partial charge in [-0.15, -0.1) is 0 Å². The fourth-order valence-electron chi connectivity index (χ4n) is 5.30. The van der Waals surface area contributed by atoms with E-state index in [1.165, 1.54) is 0 Å². The quantitative estimate of drug-likeness (QED) is 0.521. The van der Waals surface area contributed by atoms with E-state index in [0.29, 0.717) is 31.0 Å². The first-order valence-corrected chi connectivity index (χ1v) is 12.1. The molecule has 0 spiro atoms. The number of benzene rings is 3. The van der Waals surface area contributed by atoms with Gasteiger partial charge in [0.2, 0.25) is 11.8 Å². The summed E-state index contributed by atoms with van der Waals surface area (Å²) in [6, 6.07) is 21.1. The molecule has 2 aliphatic rings. The number of nitrogens with zero attached hydrogens (tertiary/aromatic N) is 2. The van der Waals surface area contributed by atoms with Gasteiger partial charge in [0.25, 0.3) is 0 Å². The summed E-state index contributed by atoms with van der Waals surface area (Å²) in [5.41, 5.74) is 3.95. The van der Waals surface area contributed by atoms with Crippen molar-refractivity contribution in [1.29, 1.82) is 0 Å². The molecule has 0 radical (unpaired) electrons. The third-order valence-corrected chi connectivity index (χ3v) is 7.13. The molecular formula is C29H30N2O5. The van der Waals surface area contributed by atoms with Crippen LogP contribution in [0.25, 0.3) is 0 Å². The molecule has 0 bridgehead atoms. The maximum Gasteiger partial charge on any atom is 0.228 e. The number of amides is 2. The minimum absolute atomic E-state index is 0.00588. The zero-order chi connectivity index (χ0) is 25.2. The Hall–Kier alpha value is -4.00. The summed E-state index contributed by atoms with van der Waals surface area (Å²) >= 11 is 0. The van der Waals surface area contributed by atoms with Crippen molar-refractivity contribution in [3.8, 4) is 17.2 Å². The standard InChI is InChI=1S/C29H30N2O5/c1-34-23-11-9-22(10-12-23)31-18-21(16-27(31)32)29(33)30-14-13-20-15-25(35-2)26(36-3)17-24(20)28(30)19-7-5-4-6-8-19/h4-12,15,17,21,28H,13-14,16,18H2,1-3H3. The van der Waals surface area contributed by atoms with E-state index in [9.17, 15) is 9.59 Å². The second-order valence-corrected chi connectivity index (χ2v) is 9.10. The molecule has 5 rings (SSSR count). The van der Waals surface area contributed by atoms with Crippen LogP contribution in [0.15, 0.2) is 66.7 Å². The van der Waals surface area contributed by atoms with Crippen LogP contribution in [0, 0.1) is 5.92 Å². The fourth-order valence-corrected chi connectivity index (χ4v) is 5.30. The van der Waals surface area contributed by atoms with Gasteiger partial charge >= 0.3 is 0 Å². The van der Waals surface area contributed by atoms with Gasteiger partial charge < -0.3 is 24.0 Å². The van der Waals surface area contributed by atoms with Crippen LogP contribution >= 0.6 is 0 Å². The molecule has 1 saturated heterocycles. The van der Waals surface area contributed by atoms with Crippen LogP contribution in [-0.4, -0.2) is 51.1 Å². The number of rotatable bonds is 6. The molecule has 2 amide bonds. The fraction of sp³-hybridized carbons (Fsp3) is 0.310. The number of carbonyl (C=O) groups is 2. The van der Waals surface area contributed by atoms with Crippen LogP contribution in [-0.2, 0) is 16.0 Å².